The van der Waals surface area contributed by atoms with E-state index in [9.17, 15) is 4.79 Å². The molecule has 0 spiro atoms. The van der Waals surface area contributed by atoms with Gasteiger partial charge in [0.15, 0.2) is 5.43 Å². The summed E-state index contributed by atoms with van der Waals surface area (Å²) in [4.78, 5) is 11.2. The molecule has 0 fully saturated rings. The summed E-state index contributed by atoms with van der Waals surface area (Å²) in [6.45, 7) is 0. The van der Waals surface area contributed by atoms with E-state index in [1.54, 1.807) is 0 Å². The van der Waals surface area contributed by atoms with Crippen LogP contribution in [0.4, 0.5) is 0 Å². The fourth-order valence-electron chi connectivity index (χ4n) is 0.732. The molecule has 2 nitrogen and oxygen atoms in total. The van der Waals surface area contributed by atoms with Crippen molar-refractivity contribution in [2.45, 2.75) is 7.47 Å². The Bertz CT molecular complexity index is 315. The monoisotopic (exact) mass is 436 g/mol. The van der Waals surface area contributed by atoms with E-state index in [0.29, 0.717) is 11.5 Å². The average Bonchev–Trinajstić information content (AvgIpc) is 2.03. The Balaban J connectivity index is 3.19. The van der Waals surface area contributed by atoms with Crippen LogP contribution in [0.1, 0.15) is 19.0 Å². The van der Waals surface area contributed by atoms with E-state index in [1.807, 2.05) is 0 Å². The van der Waals surface area contributed by atoms with Gasteiger partial charge >= 0.3 is 0 Å². The lowest BCUT2D eigenvalue weighted by Crippen LogP contribution is -2.01. The third-order valence-electron chi connectivity index (χ3n) is 1.23. The van der Waals surface area contributed by atoms with Crippen LogP contribution in [0, 0.1) is 0 Å². The second kappa shape index (κ2) is 5.09. The summed E-state index contributed by atoms with van der Waals surface area (Å²) in [6.07, 6.45) is 0. The van der Waals surface area contributed by atoms with E-state index in [-0.39, 0.29) is 12.9 Å². The molecule has 0 aliphatic rings. The van der Waals surface area contributed by atoms with Crippen molar-refractivity contribution in [3.63, 3.8) is 0 Å². The molecule has 1 aromatic heterocycles. The van der Waals surface area contributed by atoms with E-state index in [1.165, 1.54) is 12.1 Å². The van der Waals surface area contributed by atoms with Gasteiger partial charge < -0.3 is 4.42 Å². The molecule has 6 heteroatoms. The predicted octanol–water partition coefficient (Wildman–Crippen LogP) is 4.22. The van der Waals surface area contributed by atoms with Crippen LogP contribution in [0.3, 0.4) is 0 Å². The number of alkyl halides is 4. The highest BCUT2D eigenvalue weighted by molar-refractivity contribution is 9.24. The molecule has 0 atom stereocenters. The van der Waals surface area contributed by atoms with E-state index in [2.05, 4.69) is 63.7 Å². The highest BCUT2D eigenvalue weighted by Gasteiger charge is 2.11. The van der Waals surface area contributed by atoms with Crippen molar-refractivity contribution in [1.29, 1.82) is 0 Å². The maximum Gasteiger partial charge on any atom is 0.185 e. The lowest BCUT2D eigenvalue weighted by Gasteiger charge is -2.05. The van der Waals surface area contributed by atoms with Crippen LogP contribution in [-0.4, -0.2) is 0 Å². The van der Waals surface area contributed by atoms with Crippen LogP contribution in [0.2, 0.25) is 0 Å². The molecular weight excluding hydrogens is 436 g/mol. The van der Waals surface area contributed by atoms with Gasteiger partial charge in [-0.15, -0.1) is 0 Å². The Morgan fingerprint density at radius 2 is 1.38 bits per heavy atom. The Morgan fingerprint density at radius 1 is 1.00 bits per heavy atom. The van der Waals surface area contributed by atoms with Crippen molar-refractivity contribution in [3.8, 4) is 0 Å². The minimum absolute atomic E-state index is 0.0796. The van der Waals surface area contributed by atoms with E-state index < -0.39 is 0 Å². The van der Waals surface area contributed by atoms with Crippen LogP contribution >= 0.6 is 63.7 Å². The molecule has 72 valence electrons. The van der Waals surface area contributed by atoms with Gasteiger partial charge in [-0.2, -0.15) is 0 Å². The molecule has 0 amide bonds. The molecule has 0 radical (unpaired) electrons. The third-order valence-corrected chi connectivity index (χ3v) is 3.04. The Morgan fingerprint density at radius 3 is 1.69 bits per heavy atom. The van der Waals surface area contributed by atoms with Gasteiger partial charge in [0, 0.05) is 12.1 Å². The smallest absolute Gasteiger partial charge is 0.185 e. The predicted molar refractivity (Wildman–Crippen MR) is 66.2 cm³/mol. The van der Waals surface area contributed by atoms with Crippen LogP contribution in [0.25, 0.3) is 0 Å². The quantitative estimate of drug-likeness (QED) is 0.646. The standard InChI is InChI=1S/C7H4Br4O2/c8-6(9)4-1-3(12)2-5(13-4)7(10)11/h1-2,6-7H. The topological polar surface area (TPSA) is 30.2 Å². The number of hydrogen-bond donors (Lipinski definition) is 0. The molecule has 0 N–H and O–H groups in total. The van der Waals surface area contributed by atoms with E-state index in [4.69, 9.17) is 4.42 Å². The maximum absolute atomic E-state index is 11.2. The van der Waals surface area contributed by atoms with E-state index in [0.717, 1.165) is 0 Å². The number of hydrogen-bond acceptors (Lipinski definition) is 2. The van der Waals surface area contributed by atoms with Crippen molar-refractivity contribution in [2.24, 2.45) is 0 Å². The summed E-state index contributed by atoms with van der Waals surface area (Å²) in [5.74, 6) is 1.10. The van der Waals surface area contributed by atoms with Crippen molar-refractivity contribution < 1.29 is 4.42 Å². The fraction of sp³-hybridized carbons (Fsp3) is 0.286. The maximum atomic E-state index is 11.2. The third kappa shape index (κ3) is 3.49. The minimum Gasteiger partial charge on any atom is -0.462 e. The van der Waals surface area contributed by atoms with Crippen molar-refractivity contribution in [3.05, 3.63) is 33.9 Å². The summed E-state index contributed by atoms with van der Waals surface area (Å²) < 4.78 is 5.10. The van der Waals surface area contributed by atoms with Gasteiger partial charge in [-0.25, -0.2) is 0 Å². The van der Waals surface area contributed by atoms with Gasteiger partial charge in [-0.05, 0) is 0 Å². The van der Waals surface area contributed by atoms with Gasteiger partial charge in [-0.3, -0.25) is 4.79 Å². The lowest BCUT2D eigenvalue weighted by molar-refractivity contribution is 0.478. The molecule has 1 aromatic rings. The molecule has 0 unspecified atom stereocenters. The number of halogens is 4. The van der Waals surface area contributed by atoms with Crippen LogP contribution < -0.4 is 5.43 Å². The first-order chi connectivity index (χ1) is 6.00. The fourth-order valence-corrected chi connectivity index (χ4v) is 1.63. The first-order valence-electron chi connectivity index (χ1n) is 3.22. The largest absolute Gasteiger partial charge is 0.462 e. The Kier molecular flexibility index (Phi) is 4.68. The Hall–Kier alpha value is 0.870. The van der Waals surface area contributed by atoms with Gasteiger partial charge in [0.25, 0.3) is 0 Å². The SMILES string of the molecule is O=c1cc(C(Br)Br)oc(C(Br)Br)c1. The van der Waals surface area contributed by atoms with Crippen molar-refractivity contribution in [2.75, 3.05) is 0 Å². The summed E-state index contributed by atoms with van der Waals surface area (Å²) in [6, 6.07) is 2.86. The number of rotatable bonds is 2. The molecule has 0 saturated carbocycles. The zero-order chi connectivity index (χ0) is 10.0. The summed E-state index contributed by atoms with van der Waals surface area (Å²) in [5.41, 5.74) is -0.0796. The highest BCUT2D eigenvalue weighted by Crippen LogP contribution is 2.33. The van der Waals surface area contributed by atoms with Gasteiger partial charge in [0.2, 0.25) is 0 Å². The first-order valence-corrected chi connectivity index (χ1v) is 6.88. The van der Waals surface area contributed by atoms with Crippen molar-refractivity contribution >= 4 is 63.7 Å². The summed E-state index contributed by atoms with van der Waals surface area (Å²) in [7, 11) is 0. The molecule has 1 rings (SSSR count). The molecule has 1 heterocycles. The Labute approximate surface area is 109 Å². The average molecular weight is 440 g/mol. The first kappa shape index (κ1) is 11.9. The molecule has 0 aliphatic heterocycles. The van der Waals surface area contributed by atoms with Crippen LogP contribution in [0.15, 0.2) is 21.3 Å². The summed E-state index contributed by atoms with van der Waals surface area (Å²) in [5, 5.41) is 0. The zero-order valence-corrected chi connectivity index (χ0v) is 12.5. The zero-order valence-electron chi connectivity index (χ0n) is 6.14. The molecule has 0 bridgehead atoms. The van der Waals surface area contributed by atoms with Crippen LogP contribution in [0.5, 0.6) is 0 Å². The van der Waals surface area contributed by atoms with Crippen molar-refractivity contribution in [1.82, 2.24) is 0 Å². The molecule has 0 saturated heterocycles. The molecule has 13 heavy (non-hydrogen) atoms. The van der Waals surface area contributed by atoms with Gasteiger partial charge in [0.05, 0.1) is 0 Å². The lowest BCUT2D eigenvalue weighted by atomic mass is 10.3. The molecule has 0 aromatic carbocycles. The molecule has 0 aliphatic carbocycles. The minimum atomic E-state index is -0.147. The van der Waals surface area contributed by atoms with Gasteiger partial charge in [-0.1, -0.05) is 63.7 Å². The normalized spacial score (nSPS) is 11.2. The second-order valence-corrected chi connectivity index (χ2v) is 8.32. The highest BCUT2D eigenvalue weighted by atomic mass is 79.9. The summed E-state index contributed by atoms with van der Waals surface area (Å²) >= 11 is 13.0. The molecular formula is C7H4Br4O2. The van der Waals surface area contributed by atoms with E-state index >= 15 is 0 Å². The van der Waals surface area contributed by atoms with Gasteiger partial charge in [0.1, 0.15) is 19.0 Å². The second-order valence-electron chi connectivity index (χ2n) is 2.20. The van der Waals surface area contributed by atoms with Crippen LogP contribution in [-0.2, 0) is 0 Å².